The van der Waals surface area contributed by atoms with E-state index in [0.717, 1.165) is 5.56 Å². The van der Waals surface area contributed by atoms with Gasteiger partial charge in [-0.2, -0.15) is 0 Å². The first-order valence-corrected chi connectivity index (χ1v) is 7.99. The molecule has 2 N–H and O–H groups in total. The Bertz CT molecular complexity index is 944. The highest BCUT2D eigenvalue weighted by molar-refractivity contribution is 6.05. The topological polar surface area (TPSA) is 63.2 Å². The summed E-state index contributed by atoms with van der Waals surface area (Å²) >= 11 is 0. The van der Waals surface area contributed by atoms with E-state index in [1.807, 2.05) is 19.1 Å². The molecule has 0 fully saturated rings. The number of aromatic nitrogens is 1. The van der Waals surface area contributed by atoms with Crippen LogP contribution in [0.25, 0.3) is 0 Å². The van der Waals surface area contributed by atoms with Crippen molar-refractivity contribution in [2.45, 2.75) is 6.92 Å². The molecule has 0 aliphatic carbocycles. The number of nitrogens with one attached hydrogen (secondary N) is 2. The maximum Gasteiger partial charge on any atom is 0.257 e. The van der Waals surface area contributed by atoms with Crippen LogP contribution in [-0.2, 0) is 0 Å². The zero-order valence-corrected chi connectivity index (χ0v) is 14.4. The minimum absolute atomic E-state index is 0.315. The van der Waals surface area contributed by atoms with Crippen LogP contribution >= 0.6 is 0 Å². The molecule has 1 amide bonds. The van der Waals surface area contributed by atoms with Crippen molar-refractivity contribution < 1.29 is 13.9 Å². The third kappa shape index (κ3) is 4.16. The Hall–Kier alpha value is -3.41. The van der Waals surface area contributed by atoms with Gasteiger partial charge in [-0.25, -0.2) is 4.39 Å². The van der Waals surface area contributed by atoms with Gasteiger partial charge in [-0.1, -0.05) is 12.1 Å². The summed E-state index contributed by atoms with van der Waals surface area (Å²) in [5, 5.41) is 5.86. The summed E-state index contributed by atoms with van der Waals surface area (Å²) in [4.78, 5) is 16.6. The van der Waals surface area contributed by atoms with Crippen molar-refractivity contribution in [2.24, 2.45) is 0 Å². The smallest absolute Gasteiger partial charge is 0.257 e. The molecule has 0 unspecified atom stereocenters. The minimum atomic E-state index is -0.344. The van der Waals surface area contributed by atoms with Crippen LogP contribution in [0.15, 0.2) is 60.9 Å². The van der Waals surface area contributed by atoms with E-state index in [0.29, 0.717) is 28.4 Å². The number of pyridine rings is 1. The predicted octanol–water partition coefficient (Wildman–Crippen LogP) is 4.53. The number of halogens is 1. The first-order chi connectivity index (χ1) is 12.5. The van der Waals surface area contributed by atoms with Crippen molar-refractivity contribution >= 4 is 23.0 Å². The van der Waals surface area contributed by atoms with Gasteiger partial charge in [0.15, 0.2) is 0 Å². The van der Waals surface area contributed by atoms with Crippen LogP contribution in [0.3, 0.4) is 0 Å². The van der Waals surface area contributed by atoms with Crippen LogP contribution < -0.4 is 15.4 Å². The summed E-state index contributed by atoms with van der Waals surface area (Å²) in [7, 11) is 1.55. The van der Waals surface area contributed by atoms with E-state index < -0.39 is 0 Å². The highest BCUT2D eigenvalue weighted by Crippen LogP contribution is 2.26. The summed E-state index contributed by atoms with van der Waals surface area (Å²) in [6.45, 7) is 1.93. The molecule has 3 rings (SSSR count). The molecule has 132 valence electrons. The fourth-order valence-corrected chi connectivity index (χ4v) is 2.48. The maximum atomic E-state index is 13.3. The lowest BCUT2D eigenvalue weighted by Gasteiger charge is -2.12. The first-order valence-electron chi connectivity index (χ1n) is 7.99. The van der Waals surface area contributed by atoms with Crippen LogP contribution in [0.4, 0.5) is 21.5 Å². The Balaban J connectivity index is 1.79. The molecule has 2 aromatic carbocycles. The second kappa shape index (κ2) is 7.65. The average molecular weight is 351 g/mol. The van der Waals surface area contributed by atoms with E-state index in [4.69, 9.17) is 4.74 Å². The average Bonchev–Trinajstić information content (AvgIpc) is 2.62. The van der Waals surface area contributed by atoms with Gasteiger partial charge in [0.2, 0.25) is 0 Å². The number of anilines is 3. The van der Waals surface area contributed by atoms with Gasteiger partial charge in [-0.05, 0) is 48.9 Å². The number of rotatable bonds is 5. The monoisotopic (exact) mass is 351 g/mol. The van der Waals surface area contributed by atoms with Crippen LogP contribution in [0.2, 0.25) is 0 Å². The normalized spacial score (nSPS) is 10.3. The molecule has 0 aliphatic rings. The molecule has 0 radical (unpaired) electrons. The molecule has 6 heteroatoms. The predicted molar refractivity (Wildman–Crippen MR) is 99.6 cm³/mol. The van der Waals surface area contributed by atoms with E-state index in [9.17, 15) is 9.18 Å². The lowest BCUT2D eigenvalue weighted by atomic mass is 10.2. The molecular weight excluding hydrogens is 333 g/mol. The van der Waals surface area contributed by atoms with Gasteiger partial charge in [0.1, 0.15) is 11.6 Å². The second-order valence-electron chi connectivity index (χ2n) is 5.76. The van der Waals surface area contributed by atoms with Crippen molar-refractivity contribution in [1.82, 2.24) is 4.98 Å². The summed E-state index contributed by atoms with van der Waals surface area (Å²) in [6.07, 6.45) is 3.03. The standard InChI is InChI=1S/C20H18FN3O2/c1-13-6-7-19(26-2)18(8-13)24-20(25)14-9-17(12-22-11-14)23-16-5-3-4-15(21)10-16/h3-12,23H,1-2H3,(H,24,25). The molecule has 0 atom stereocenters. The first kappa shape index (κ1) is 17.4. The van der Waals surface area contributed by atoms with Crippen LogP contribution in [0.1, 0.15) is 15.9 Å². The molecule has 3 aromatic rings. The van der Waals surface area contributed by atoms with Gasteiger partial charge in [0, 0.05) is 11.9 Å². The van der Waals surface area contributed by atoms with Gasteiger partial charge >= 0.3 is 0 Å². The van der Waals surface area contributed by atoms with Crippen molar-refractivity contribution in [3.05, 3.63) is 77.9 Å². The van der Waals surface area contributed by atoms with Gasteiger partial charge in [0.25, 0.3) is 5.91 Å². The van der Waals surface area contributed by atoms with Gasteiger partial charge in [0.05, 0.1) is 30.2 Å². The van der Waals surface area contributed by atoms with E-state index in [1.54, 1.807) is 37.6 Å². The number of amides is 1. The zero-order valence-electron chi connectivity index (χ0n) is 14.4. The number of methoxy groups -OCH3 is 1. The van der Waals surface area contributed by atoms with Crippen molar-refractivity contribution in [3.8, 4) is 5.75 Å². The Kier molecular flexibility index (Phi) is 5.12. The molecule has 0 bridgehead atoms. The van der Waals surface area contributed by atoms with E-state index in [2.05, 4.69) is 15.6 Å². The molecule has 26 heavy (non-hydrogen) atoms. The van der Waals surface area contributed by atoms with Gasteiger partial charge in [-0.15, -0.1) is 0 Å². The maximum absolute atomic E-state index is 13.3. The molecule has 0 spiro atoms. The molecular formula is C20H18FN3O2. The zero-order chi connectivity index (χ0) is 18.5. The van der Waals surface area contributed by atoms with Gasteiger partial charge < -0.3 is 15.4 Å². The molecule has 0 saturated heterocycles. The Morgan fingerprint density at radius 3 is 2.69 bits per heavy atom. The van der Waals surface area contributed by atoms with E-state index in [-0.39, 0.29) is 11.7 Å². The SMILES string of the molecule is COc1ccc(C)cc1NC(=O)c1cncc(Nc2cccc(F)c2)c1. The number of hydrogen-bond donors (Lipinski definition) is 2. The number of ether oxygens (including phenoxy) is 1. The lowest BCUT2D eigenvalue weighted by Crippen LogP contribution is -2.13. The molecule has 1 aromatic heterocycles. The molecule has 1 heterocycles. The highest BCUT2D eigenvalue weighted by atomic mass is 19.1. The van der Waals surface area contributed by atoms with E-state index in [1.165, 1.54) is 18.3 Å². The largest absolute Gasteiger partial charge is 0.495 e. The number of carbonyl (C=O) groups excluding carboxylic acids is 1. The third-order valence-electron chi connectivity index (χ3n) is 3.72. The Morgan fingerprint density at radius 1 is 1.08 bits per heavy atom. The number of benzene rings is 2. The molecule has 5 nitrogen and oxygen atoms in total. The fraction of sp³-hybridized carbons (Fsp3) is 0.100. The van der Waals surface area contributed by atoms with Crippen molar-refractivity contribution in [3.63, 3.8) is 0 Å². The molecule has 0 aliphatic heterocycles. The summed E-state index contributed by atoms with van der Waals surface area (Å²) in [5.74, 6) is -0.0846. The van der Waals surface area contributed by atoms with Crippen LogP contribution in [-0.4, -0.2) is 18.0 Å². The Labute approximate surface area is 150 Å². The van der Waals surface area contributed by atoms with E-state index >= 15 is 0 Å². The quantitative estimate of drug-likeness (QED) is 0.709. The fourth-order valence-electron chi connectivity index (χ4n) is 2.48. The minimum Gasteiger partial charge on any atom is -0.495 e. The highest BCUT2D eigenvalue weighted by Gasteiger charge is 2.11. The lowest BCUT2D eigenvalue weighted by molar-refractivity contribution is 0.102. The third-order valence-corrected chi connectivity index (χ3v) is 3.72. The van der Waals surface area contributed by atoms with Crippen LogP contribution in [0.5, 0.6) is 5.75 Å². The van der Waals surface area contributed by atoms with Crippen molar-refractivity contribution in [2.75, 3.05) is 17.7 Å². The van der Waals surface area contributed by atoms with Gasteiger partial charge in [-0.3, -0.25) is 9.78 Å². The summed E-state index contributed by atoms with van der Waals surface area (Å²) < 4.78 is 18.6. The Morgan fingerprint density at radius 2 is 1.92 bits per heavy atom. The summed E-state index contributed by atoms with van der Waals surface area (Å²) in [5.41, 5.74) is 3.11. The summed E-state index contributed by atoms with van der Waals surface area (Å²) in [6, 6.07) is 13.2. The van der Waals surface area contributed by atoms with Crippen LogP contribution in [0, 0.1) is 12.7 Å². The van der Waals surface area contributed by atoms with Crippen molar-refractivity contribution in [1.29, 1.82) is 0 Å². The number of nitrogens with zero attached hydrogens (tertiary/aromatic N) is 1. The number of hydrogen-bond acceptors (Lipinski definition) is 4. The number of carbonyl (C=O) groups is 1. The molecule has 0 saturated carbocycles. The second-order valence-corrected chi connectivity index (χ2v) is 5.76. The number of aryl methyl sites for hydroxylation is 1.